The van der Waals surface area contributed by atoms with Gasteiger partial charge in [-0.05, 0) is 24.3 Å². The number of halogens is 1. The first-order valence-electron chi connectivity index (χ1n) is 9.18. The fourth-order valence-electron chi connectivity index (χ4n) is 4.38. The van der Waals surface area contributed by atoms with Crippen molar-refractivity contribution in [1.82, 2.24) is 0 Å². The minimum atomic E-state index is -1.10. The molecular weight excluding hydrogens is 382 g/mol. The highest BCUT2D eigenvalue weighted by atomic mass is 79.9. The first-order valence-corrected chi connectivity index (χ1v) is 9.18. The molecular formula is C20H30BrNO3. The van der Waals surface area contributed by atoms with Crippen molar-refractivity contribution in [3.05, 3.63) is 35.9 Å². The Bertz CT molecular complexity index is 572. The summed E-state index contributed by atoms with van der Waals surface area (Å²) >= 11 is 0. The summed E-state index contributed by atoms with van der Waals surface area (Å²) in [4.78, 5) is 12.6. The van der Waals surface area contributed by atoms with Crippen LogP contribution in [0.15, 0.2) is 30.3 Å². The SMILES string of the molecule is C[N+]1(C)CCC(OC(=O)CC(O)(c2ccccc2)C2CCCC2)C1.[Br-]. The van der Waals surface area contributed by atoms with Gasteiger partial charge in [-0.25, -0.2) is 0 Å². The zero-order chi connectivity index (χ0) is 17.2. The van der Waals surface area contributed by atoms with Crippen LogP contribution < -0.4 is 17.0 Å². The molecule has 1 saturated carbocycles. The van der Waals surface area contributed by atoms with Gasteiger partial charge in [-0.1, -0.05) is 43.2 Å². The van der Waals surface area contributed by atoms with Gasteiger partial charge >= 0.3 is 5.97 Å². The van der Waals surface area contributed by atoms with E-state index in [1.807, 2.05) is 30.3 Å². The molecule has 1 saturated heterocycles. The fourth-order valence-corrected chi connectivity index (χ4v) is 4.38. The van der Waals surface area contributed by atoms with Gasteiger partial charge in [0.1, 0.15) is 12.1 Å². The maximum absolute atomic E-state index is 12.6. The van der Waals surface area contributed by atoms with Crippen molar-refractivity contribution < 1.29 is 36.1 Å². The van der Waals surface area contributed by atoms with Gasteiger partial charge in [0, 0.05) is 6.42 Å². The van der Waals surface area contributed by atoms with Crippen molar-refractivity contribution in [2.45, 2.75) is 50.2 Å². The first kappa shape index (κ1) is 20.4. The van der Waals surface area contributed by atoms with E-state index in [9.17, 15) is 9.90 Å². The normalized spacial score (nSPS) is 25.2. The summed E-state index contributed by atoms with van der Waals surface area (Å²) in [5.74, 6) is -0.122. The third-order valence-corrected chi connectivity index (χ3v) is 5.77. The second-order valence-corrected chi connectivity index (χ2v) is 8.19. The van der Waals surface area contributed by atoms with E-state index in [1.165, 1.54) is 0 Å². The van der Waals surface area contributed by atoms with Crippen LogP contribution in [0.25, 0.3) is 0 Å². The number of nitrogens with zero attached hydrogens (tertiary/aromatic N) is 1. The van der Waals surface area contributed by atoms with E-state index in [1.54, 1.807) is 0 Å². The van der Waals surface area contributed by atoms with Crippen LogP contribution in [0.5, 0.6) is 0 Å². The molecule has 1 aliphatic carbocycles. The van der Waals surface area contributed by atoms with Gasteiger partial charge in [0.25, 0.3) is 0 Å². The number of aliphatic hydroxyl groups is 1. The standard InChI is InChI=1S/C20H30NO3.BrH/c1-21(2)13-12-18(15-21)24-19(22)14-20(23,17-10-6-7-11-17)16-8-4-3-5-9-16;/h3-5,8-9,17-18,23H,6-7,10-15H2,1-2H3;1H/q+1;/p-1. The van der Waals surface area contributed by atoms with Gasteiger partial charge in [-0.15, -0.1) is 0 Å². The third-order valence-electron chi connectivity index (χ3n) is 5.77. The highest BCUT2D eigenvalue weighted by Crippen LogP contribution is 2.43. The number of quaternary nitrogens is 1. The van der Waals surface area contributed by atoms with Crippen molar-refractivity contribution in [2.24, 2.45) is 5.92 Å². The maximum atomic E-state index is 12.6. The van der Waals surface area contributed by atoms with Crippen LogP contribution >= 0.6 is 0 Å². The van der Waals surface area contributed by atoms with E-state index < -0.39 is 5.60 Å². The predicted molar refractivity (Wildman–Crippen MR) is 93.3 cm³/mol. The Balaban J connectivity index is 0.00000225. The molecule has 0 radical (unpaired) electrons. The molecule has 1 heterocycles. The monoisotopic (exact) mass is 411 g/mol. The Kier molecular flexibility index (Phi) is 6.68. The molecule has 25 heavy (non-hydrogen) atoms. The molecule has 1 aliphatic heterocycles. The van der Waals surface area contributed by atoms with Crippen molar-refractivity contribution in [3.8, 4) is 0 Å². The molecule has 5 heteroatoms. The third kappa shape index (κ3) is 4.83. The maximum Gasteiger partial charge on any atom is 0.309 e. The van der Waals surface area contributed by atoms with E-state index in [0.29, 0.717) is 0 Å². The Morgan fingerprint density at radius 2 is 1.84 bits per heavy atom. The van der Waals surface area contributed by atoms with Crippen LogP contribution in [-0.2, 0) is 15.1 Å². The highest BCUT2D eigenvalue weighted by molar-refractivity contribution is 5.71. The molecule has 2 unspecified atom stereocenters. The summed E-state index contributed by atoms with van der Waals surface area (Å²) < 4.78 is 6.60. The summed E-state index contributed by atoms with van der Waals surface area (Å²) in [5.41, 5.74) is -0.256. The molecule has 2 aliphatic rings. The quantitative estimate of drug-likeness (QED) is 0.541. The molecule has 0 aromatic heterocycles. The van der Waals surface area contributed by atoms with Gasteiger partial charge in [-0.2, -0.15) is 0 Å². The molecule has 2 atom stereocenters. The number of hydrogen-bond acceptors (Lipinski definition) is 3. The molecule has 0 amide bonds. The fraction of sp³-hybridized carbons (Fsp3) is 0.650. The number of likely N-dealkylation sites (tertiary alicyclic amines) is 1. The number of carbonyl (C=O) groups is 1. The molecule has 2 fully saturated rings. The molecule has 1 N–H and O–H groups in total. The molecule has 4 nitrogen and oxygen atoms in total. The Morgan fingerprint density at radius 3 is 2.40 bits per heavy atom. The summed E-state index contributed by atoms with van der Waals surface area (Å²) in [6.07, 6.45) is 5.16. The minimum Gasteiger partial charge on any atom is -1.00 e. The molecule has 1 aromatic carbocycles. The van der Waals surface area contributed by atoms with Crippen LogP contribution in [-0.4, -0.2) is 48.8 Å². The number of ether oxygens (including phenoxy) is 1. The second kappa shape index (κ2) is 8.19. The average Bonchev–Trinajstić information content (AvgIpc) is 3.18. The number of carbonyl (C=O) groups excluding carboxylic acids is 1. The van der Waals surface area contributed by atoms with Gasteiger partial charge in [0.05, 0.1) is 27.1 Å². The predicted octanol–water partition coefficient (Wildman–Crippen LogP) is -0.150. The van der Waals surface area contributed by atoms with E-state index in [-0.39, 0.29) is 41.4 Å². The average molecular weight is 412 g/mol. The van der Waals surface area contributed by atoms with Gasteiger partial charge in [0.2, 0.25) is 0 Å². The lowest BCUT2D eigenvalue weighted by atomic mass is 9.78. The molecule has 1 aromatic rings. The Morgan fingerprint density at radius 1 is 1.20 bits per heavy atom. The van der Waals surface area contributed by atoms with Crippen LogP contribution in [0.4, 0.5) is 0 Å². The zero-order valence-electron chi connectivity index (χ0n) is 15.3. The Labute approximate surface area is 161 Å². The minimum absolute atomic E-state index is 0. The van der Waals surface area contributed by atoms with E-state index in [4.69, 9.17) is 4.74 Å². The first-order chi connectivity index (χ1) is 11.4. The van der Waals surface area contributed by atoms with Crippen molar-refractivity contribution in [3.63, 3.8) is 0 Å². The Hall–Kier alpha value is -0.910. The van der Waals surface area contributed by atoms with Crippen LogP contribution in [0.2, 0.25) is 0 Å². The lowest BCUT2D eigenvalue weighted by molar-refractivity contribution is -0.879. The van der Waals surface area contributed by atoms with Crippen molar-refractivity contribution in [2.75, 3.05) is 27.2 Å². The number of hydrogen-bond donors (Lipinski definition) is 1. The van der Waals surface area contributed by atoms with Crippen molar-refractivity contribution >= 4 is 5.97 Å². The van der Waals surface area contributed by atoms with E-state index in [2.05, 4.69) is 14.1 Å². The number of benzene rings is 1. The largest absolute Gasteiger partial charge is 1.00 e. The summed E-state index contributed by atoms with van der Waals surface area (Å²) in [7, 11) is 4.32. The van der Waals surface area contributed by atoms with Crippen LogP contribution in [0, 0.1) is 5.92 Å². The molecule has 140 valence electrons. The lowest BCUT2D eigenvalue weighted by Crippen LogP contribution is -3.00. The van der Waals surface area contributed by atoms with E-state index >= 15 is 0 Å². The van der Waals surface area contributed by atoms with Gasteiger partial charge in [0.15, 0.2) is 6.10 Å². The summed E-state index contributed by atoms with van der Waals surface area (Å²) in [5, 5.41) is 11.4. The lowest BCUT2D eigenvalue weighted by Gasteiger charge is -2.34. The zero-order valence-corrected chi connectivity index (χ0v) is 16.9. The van der Waals surface area contributed by atoms with Crippen LogP contribution in [0.3, 0.4) is 0 Å². The van der Waals surface area contributed by atoms with Gasteiger partial charge < -0.3 is 31.3 Å². The van der Waals surface area contributed by atoms with E-state index in [0.717, 1.165) is 55.2 Å². The number of likely N-dealkylation sites (N-methyl/N-ethyl adjacent to an activating group) is 1. The second-order valence-electron chi connectivity index (χ2n) is 8.19. The topological polar surface area (TPSA) is 46.5 Å². The molecule has 3 rings (SSSR count). The molecule has 0 spiro atoms. The van der Waals surface area contributed by atoms with Crippen molar-refractivity contribution in [1.29, 1.82) is 0 Å². The molecule has 0 bridgehead atoms. The number of rotatable bonds is 5. The summed E-state index contributed by atoms with van der Waals surface area (Å²) in [6.45, 7) is 1.89. The smallest absolute Gasteiger partial charge is 0.309 e. The summed E-state index contributed by atoms with van der Waals surface area (Å²) in [6, 6.07) is 9.66. The van der Waals surface area contributed by atoms with Crippen LogP contribution in [0.1, 0.15) is 44.1 Å². The highest BCUT2D eigenvalue weighted by Gasteiger charge is 2.43. The number of esters is 1. The van der Waals surface area contributed by atoms with Gasteiger partial charge in [-0.3, -0.25) is 4.79 Å².